The molecule has 3 heteroatoms. The van der Waals surface area contributed by atoms with Crippen molar-refractivity contribution in [1.82, 2.24) is 10.2 Å². The van der Waals surface area contributed by atoms with Gasteiger partial charge in [-0.1, -0.05) is 6.07 Å². The molecule has 3 nitrogen and oxygen atoms in total. The number of nitrogens with one attached hydrogen (secondary N) is 1. The van der Waals surface area contributed by atoms with Gasteiger partial charge in [0.15, 0.2) is 0 Å². The maximum Gasteiger partial charge on any atom is 0.120 e. The van der Waals surface area contributed by atoms with Crippen molar-refractivity contribution in [3.63, 3.8) is 0 Å². The van der Waals surface area contributed by atoms with E-state index in [1.807, 2.05) is 0 Å². The quantitative estimate of drug-likeness (QED) is 0.884. The first-order valence-corrected chi connectivity index (χ1v) is 6.95. The van der Waals surface area contributed by atoms with E-state index < -0.39 is 0 Å². The van der Waals surface area contributed by atoms with Crippen LogP contribution in [0, 0.1) is 0 Å². The average molecular weight is 246 g/mol. The van der Waals surface area contributed by atoms with Gasteiger partial charge in [0.2, 0.25) is 0 Å². The van der Waals surface area contributed by atoms with Gasteiger partial charge in [0.05, 0.1) is 0 Å². The van der Waals surface area contributed by atoms with Gasteiger partial charge in [0, 0.05) is 32.2 Å². The van der Waals surface area contributed by atoms with Gasteiger partial charge in [-0.05, 0) is 43.5 Å². The molecule has 1 aromatic carbocycles. The normalized spacial score (nSPS) is 23.6. The van der Waals surface area contributed by atoms with E-state index in [9.17, 15) is 0 Å². The smallest absolute Gasteiger partial charge is 0.120 e. The van der Waals surface area contributed by atoms with Crippen LogP contribution in [0.2, 0.25) is 0 Å². The van der Waals surface area contributed by atoms with Gasteiger partial charge in [-0.15, -0.1) is 0 Å². The van der Waals surface area contributed by atoms with E-state index in [2.05, 4.69) is 42.3 Å². The van der Waals surface area contributed by atoms with E-state index in [0.29, 0.717) is 12.1 Å². The molecular formula is C15H22N2O. The molecule has 2 aliphatic heterocycles. The summed E-state index contributed by atoms with van der Waals surface area (Å²) >= 11 is 0. The SMILES string of the molecule is CC(C)N1CCC(Oc2ccc3c(c2)CNC3)C1. The molecule has 0 bridgehead atoms. The average Bonchev–Trinajstić information content (AvgIpc) is 2.96. The molecule has 3 rings (SSSR count). The zero-order chi connectivity index (χ0) is 12.5. The van der Waals surface area contributed by atoms with Gasteiger partial charge in [0.1, 0.15) is 11.9 Å². The van der Waals surface area contributed by atoms with Gasteiger partial charge in [0.25, 0.3) is 0 Å². The van der Waals surface area contributed by atoms with Crippen LogP contribution in [0.25, 0.3) is 0 Å². The number of rotatable bonds is 3. The van der Waals surface area contributed by atoms with E-state index in [-0.39, 0.29) is 0 Å². The Bertz CT molecular complexity index is 431. The van der Waals surface area contributed by atoms with Gasteiger partial charge >= 0.3 is 0 Å². The van der Waals surface area contributed by atoms with Crippen LogP contribution in [0.3, 0.4) is 0 Å². The standard InChI is InChI=1S/C15H22N2O/c1-11(2)17-6-5-15(10-17)18-14-4-3-12-8-16-9-13(12)7-14/h3-4,7,11,15-16H,5-6,8-10H2,1-2H3. The molecule has 0 amide bonds. The molecule has 0 spiro atoms. The Hall–Kier alpha value is -1.06. The largest absolute Gasteiger partial charge is 0.489 e. The van der Waals surface area contributed by atoms with Crippen LogP contribution in [-0.4, -0.2) is 30.1 Å². The Labute approximate surface area is 109 Å². The Morgan fingerprint density at radius 1 is 1.28 bits per heavy atom. The number of benzene rings is 1. The Balaban J connectivity index is 1.63. The second-order valence-corrected chi connectivity index (χ2v) is 5.65. The summed E-state index contributed by atoms with van der Waals surface area (Å²) in [6, 6.07) is 7.14. The third-order valence-electron chi connectivity index (χ3n) is 4.02. The zero-order valence-electron chi connectivity index (χ0n) is 11.3. The molecule has 1 fully saturated rings. The number of fused-ring (bicyclic) bond motifs is 1. The van der Waals surface area contributed by atoms with E-state index in [4.69, 9.17) is 4.74 Å². The van der Waals surface area contributed by atoms with Gasteiger partial charge < -0.3 is 10.1 Å². The first kappa shape index (κ1) is 12.0. The minimum absolute atomic E-state index is 0.361. The number of likely N-dealkylation sites (tertiary alicyclic amines) is 1. The Morgan fingerprint density at radius 3 is 2.89 bits per heavy atom. The van der Waals surface area contributed by atoms with E-state index in [1.54, 1.807) is 0 Å². The Kier molecular flexibility index (Phi) is 3.27. The lowest BCUT2D eigenvalue weighted by molar-refractivity contribution is 0.187. The van der Waals surface area contributed by atoms with Crippen LogP contribution in [-0.2, 0) is 13.1 Å². The second-order valence-electron chi connectivity index (χ2n) is 5.65. The molecular weight excluding hydrogens is 224 g/mol. The molecule has 2 heterocycles. The summed E-state index contributed by atoms with van der Waals surface area (Å²) in [5.41, 5.74) is 2.81. The van der Waals surface area contributed by atoms with E-state index in [0.717, 1.165) is 38.3 Å². The molecule has 1 saturated heterocycles. The van der Waals surface area contributed by atoms with Crippen molar-refractivity contribution >= 4 is 0 Å². The lowest BCUT2D eigenvalue weighted by atomic mass is 10.1. The Morgan fingerprint density at radius 2 is 2.11 bits per heavy atom. The fraction of sp³-hybridized carbons (Fsp3) is 0.600. The van der Waals surface area contributed by atoms with Crippen LogP contribution in [0.15, 0.2) is 18.2 Å². The van der Waals surface area contributed by atoms with Crippen LogP contribution in [0.1, 0.15) is 31.4 Å². The molecule has 0 radical (unpaired) electrons. The summed E-state index contributed by atoms with van der Waals surface area (Å²) in [5, 5.41) is 3.37. The minimum Gasteiger partial charge on any atom is -0.489 e. The molecule has 1 unspecified atom stereocenters. The highest BCUT2D eigenvalue weighted by atomic mass is 16.5. The van der Waals surface area contributed by atoms with E-state index >= 15 is 0 Å². The highest BCUT2D eigenvalue weighted by Crippen LogP contribution is 2.24. The zero-order valence-corrected chi connectivity index (χ0v) is 11.3. The lowest BCUT2D eigenvalue weighted by Crippen LogP contribution is -2.30. The summed E-state index contributed by atoms with van der Waals surface area (Å²) in [6.07, 6.45) is 1.51. The minimum atomic E-state index is 0.361. The number of hydrogen-bond acceptors (Lipinski definition) is 3. The summed E-state index contributed by atoms with van der Waals surface area (Å²) in [4.78, 5) is 2.49. The molecule has 98 valence electrons. The van der Waals surface area contributed by atoms with Crippen molar-refractivity contribution in [2.24, 2.45) is 0 Å². The summed E-state index contributed by atoms with van der Waals surface area (Å²) in [6.45, 7) is 8.71. The van der Waals surface area contributed by atoms with Crippen molar-refractivity contribution < 1.29 is 4.74 Å². The number of ether oxygens (including phenoxy) is 1. The van der Waals surface area contributed by atoms with Gasteiger partial charge in [-0.25, -0.2) is 0 Å². The summed E-state index contributed by atoms with van der Waals surface area (Å²) in [7, 11) is 0. The van der Waals surface area contributed by atoms with Crippen LogP contribution in [0.5, 0.6) is 5.75 Å². The fourth-order valence-corrected chi connectivity index (χ4v) is 2.86. The monoisotopic (exact) mass is 246 g/mol. The number of nitrogens with zero attached hydrogens (tertiary/aromatic N) is 1. The molecule has 0 saturated carbocycles. The van der Waals surface area contributed by atoms with Crippen LogP contribution >= 0.6 is 0 Å². The van der Waals surface area contributed by atoms with E-state index in [1.165, 1.54) is 11.1 Å². The predicted octanol–water partition coefficient (Wildman–Crippen LogP) is 2.15. The molecule has 1 atom stereocenters. The summed E-state index contributed by atoms with van der Waals surface area (Å²) in [5.74, 6) is 1.04. The molecule has 0 aromatic heterocycles. The molecule has 0 aliphatic carbocycles. The van der Waals surface area contributed by atoms with Crippen molar-refractivity contribution in [1.29, 1.82) is 0 Å². The topological polar surface area (TPSA) is 24.5 Å². The van der Waals surface area contributed by atoms with Gasteiger partial charge in [-0.3, -0.25) is 4.90 Å². The second kappa shape index (κ2) is 4.90. The molecule has 18 heavy (non-hydrogen) atoms. The number of hydrogen-bond donors (Lipinski definition) is 1. The third kappa shape index (κ3) is 2.38. The first-order chi connectivity index (χ1) is 8.72. The van der Waals surface area contributed by atoms with Crippen molar-refractivity contribution in [3.8, 4) is 5.75 Å². The molecule has 1 aromatic rings. The third-order valence-corrected chi connectivity index (χ3v) is 4.02. The molecule has 1 N–H and O–H groups in total. The van der Waals surface area contributed by atoms with Crippen molar-refractivity contribution in [2.45, 2.75) is 45.5 Å². The molecule has 2 aliphatic rings. The van der Waals surface area contributed by atoms with Crippen LogP contribution < -0.4 is 10.1 Å². The lowest BCUT2D eigenvalue weighted by Gasteiger charge is -2.20. The highest BCUT2D eigenvalue weighted by molar-refractivity contribution is 5.37. The maximum absolute atomic E-state index is 6.11. The summed E-state index contributed by atoms with van der Waals surface area (Å²) < 4.78 is 6.11. The fourth-order valence-electron chi connectivity index (χ4n) is 2.86. The maximum atomic E-state index is 6.11. The highest BCUT2D eigenvalue weighted by Gasteiger charge is 2.25. The van der Waals surface area contributed by atoms with Crippen molar-refractivity contribution in [3.05, 3.63) is 29.3 Å². The van der Waals surface area contributed by atoms with Gasteiger partial charge in [-0.2, -0.15) is 0 Å². The predicted molar refractivity (Wildman–Crippen MR) is 72.7 cm³/mol. The van der Waals surface area contributed by atoms with Crippen LogP contribution in [0.4, 0.5) is 0 Å². The first-order valence-electron chi connectivity index (χ1n) is 6.95. The van der Waals surface area contributed by atoms with Crippen molar-refractivity contribution in [2.75, 3.05) is 13.1 Å².